The zero-order chi connectivity index (χ0) is 15.0. The second-order valence-electron chi connectivity index (χ2n) is 3.96. The molecule has 1 heterocycles. The van der Waals surface area contributed by atoms with E-state index in [1.54, 1.807) is 24.3 Å². The van der Waals surface area contributed by atoms with Crippen LogP contribution in [0.5, 0.6) is 0 Å². The Hall–Kier alpha value is -2.00. The Balaban J connectivity index is 2.13. The predicted octanol–water partition coefficient (Wildman–Crippen LogP) is 1.81. The number of hydrogen-bond acceptors (Lipinski definition) is 4. The lowest BCUT2D eigenvalue weighted by Crippen LogP contribution is -2.34. The second-order valence-corrected chi connectivity index (χ2v) is 5.51. The Morgan fingerprint density at radius 1 is 1.35 bits per heavy atom. The Bertz CT molecular complexity index is 720. The molecule has 0 radical (unpaired) electrons. The van der Waals surface area contributed by atoms with Crippen molar-refractivity contribution in [2.75, 3.05) is 6.61 Å². The van der Waals surface area contributed by atoms with Crippen molar-refractivity contribution >= 4 is 27.0 Å². The van der Waals surface area contributed by atoms with Crippen molar-refractivity contribution in [3.05, 3.63) is 36.0 Å². The number of carbonyl (C=O) groups is 1. The van der Waals surface area contributed by atoms with E-state index < -0.39 is 27.9 Å². The molecule has 9 heteroatoms. The summed E-state index contributed by atoms with van der Waals surface area (Å²) in [7, 11) is -5.63. The largest absolute Gasteiger partial charge is 0.453 e. The average Bonchev–Trinajstić information content (AvgIpc) is 2.78. The lowest BCUT2D eigenvalue weighted by molar-refractivity contribution is -0.00982. The molecular weight excluding hydrogens is 296 g/mol. The van der Waals surface area contributed by atoms with Crippen molar-refractivity contribution in [1.29, 1.82) is 0 Å². The molecule has 0 amide bonds. The first-order chi connectivity index (χ1) is 9.21. The van der Waals surface area contributed by atoms with Gasteiger partial charge in [-0.2, -0.15) is 17.2 Å². The lowest BCUT2D eigenvalue weighted by Gasteiger charge is -2.12. The molecule has 0 saturated carbocycles. The lowest BCUT2D eigenvalue weighted by atomic mass is 10.2. The van der Waals surface area contributed by atoms with Crippen molar-refractivity contribution < 1.29 is 31.3 Å². The van der Waals surface area contributed by atoms with E-state index in [1.807, 2.05) is 0 Å². The van der Waals surface area contributed by atoms with E-state index in [2.05, 4.69) is 9.72 Å². The zero-order valence-electron chi connectivity index (χ0n) is 9.84. The van der Waals surface area contributed by atoms with Crippen LogP contribution >= 0.6 is 0 Å². The minimum Gasteiger partial charge on any atom is -0.453 e. The van der Waals surface area contributed by atoms with Gasteiger partial charge in [0, 0.05) is 10.9 Å². The Kier molecular flexibility index (Phi) is 3.48. The first kappa shape index (κ1) is 14.4. The van der Waals surface area contributed by atoms with Crippen LogP contribution in [0.2, 0.25) is 0 Å². The molecule has 108 valence electrons. The van der Waals surface area contributed by atoms with E-state index in [9.17, 15) is 22.0 Å². The van der Waals surface area contributed by atoms with Crippen molar-refractivity contribution in [3.63, 3.8) is 0 Å². The number of alkyl halides is 2. The Morgan fingerprint density at radius 3 is 2.60 bits per heavy atom. The topological polar surface area (TPSA) is 96.5 Å². The predicted molar refractivity (Wildman–Crippen MR) is 65.1 cm³/mol. The molecule has 0 bridgehead atoms. The van der Waals surface area contributed by atoms with E-state index in [0.29, 0.717) is 10.9 Å². The highest BCUT2D eigenvalue weighted by atomic mass is 32.2. The van der Waals surface area contributed by atoms with Crippen molar-refractivity contribution in [2.24, 2.45) is 0 Å². The van der Waals surface area contributed by atoms with Crippen LogP contribution in [0.25, 0.3) is 10.9 Å². The molecule has 0 aliphatic heterocycles. The van der Waals surface area contributed by atoms with Crippen molar-refractivity contribution in [3.8, 4) is 0 Å². The molecular formula is C11H9F2NO5S. The number of halogens is 2. The van der Waals surface area contributed by atoms with Crippen LogP contribution in [0.3, 0.4) is 0 Å². The molecule has 1 aromatic heterocycles. The number of rotatable bonds is 4. The van der Waals surface area contributed by atoms with Crippen molar-refractivity contribution in [1.82, 2.24) is 4.98 Å². The van der Waals surface area contributed by atoms with Crippen molar-refractivity contribution in [2.45, 2.75) is 5.25 Å². The molecule has 6 nitrogen and oxygen atoms in total. The van der Waals surface area contributed by atoms with Gasteiger partial charge in [0.25, 0.3) is 0 Å². The third kappa shape index (κ3) is 2.78. The van der Waals surface area contributed by atoms with Gasteiger partial charge in [-0.3, -0.25) is 4.55 Å². The van der Waals surface area contributed by atoms with Gasteiger partial charge in [-0.25, -0.2) is 4.79 Å². The number of carbonyl (C=O) groups excluding carboxylic acids is 1. The molecule has 1 aromatic carbocycles. The molecule has 2 aromatic rings. The highest BCUT2D eigenvalue weighted by Crippen LogP contribution is 2.22. The summed E-state index contributed by atoms with van der Waals surface area (Å²) in [5.41, 5.74) is 0.498. The van der Waals surface area contributed by atoms with Gasteiger partial charge >= 0.3 is 21.3 Å². The Morgan fingerprint density at radius 2 is 2.00 bits per heavy atom. The minimum absolute atomic E-state index is 0.0997. The maximum atomic E-state index is 12.9. The normalized spacial score (nSPS) is 12.6. The number of aromatic nitrogens is 1. The standard InChI is InChI=1S/C11H9F2NO5S/c12-11(13,20(16,17)18)6-19-10(15)9-5-7-3-1-2-4-8(7)14-9/h1-5,14H,6H2,(H,16,17,18). The highest BCUT2D eigenvalue weighted by Gasteiger charge is 2.45. The fourth-order valence-corrected chi connectivity index (χ4v) is 1.69. The van der Waals surface area contributed by atoms with Crippen LogP contribution in [0.4, 0.5) is 8.78 Å². The Labute approximate surface area is 112 Å². The van der Waals surface area contributed by atoms with Crippen LogP contribution in [0.1, 0.15) is 10.5 Å². The molecule has 0 fully saturated rings. The van der Waals surface area contributed by atoms with E-state index in [0.717, 1.165) is 0 Å². The second kappa shape index (κ2) is 4.84. The number of para-hydroxylation sites is 1. The smallest absolute Gasteiger partial charge is 0.402 e. The zero-order valence-corrected chi connectivity index (χ0v) is 10.7. The molecule has 2 rings (SSSR count). The molecule has 0 aliphatic rings. The molecule has 0 saturated heterocycles. The van der Waals surface area contributed by atoms with Gasteiger partial charge in [-0.1, -0.05) is 18.2 Å². The number of benzene rings is 1. The monoisotopic (exact) mass is 305 g/mol. The summed E-state index contributed by atoms with van der Waals surface area (Å²) in [6.07, 6.45) is 0. The third-order valence-electron chi connectivity index (χ3n) is 2.50. The van der Waals surface area contributed by atoms with E-state index >= 15 is 0 Å². The fraction of sp³-hybridized carbons (Fsp3) is 0.182. The third-order valence-corrected chi connectivity index (χ3v) is 3.37. The van der Waals surface area contributed by atoms with Crippen LogP contribution in [0.15, 0.2) is 30.3 Å². The van der Waals surface area contributed by atoms with Gasteiger partial charge in [0.15, 0.2) is 6.61 Å². The van der Waals surface area contributed by atoms with Crippen LogP contribution < -0.4 is 0 Å². The van der Waals surface area contributed by atoms with E-state index in [4.69, 9.17) is 4.55 Å². The van der Waals surface area contributed by atoms with Gasteiger partial charge in [0.2, 0.25) is 0 Å². The minimum atomic E-state index is -5.63. The molecule has 0 aliphatic carbocycles. The molecule has 2 N–H and O–H groups in total. The molecule has 0 spiro atoms. The molecule has 0 unspecified atom stereocenters. The van der Waals surface area contributed by atoms with Crippen LogP contribution in [-0.2, 0) is 14.9 Å². The number of hydrogen-bond donors (Lipinski definition) is 2. The SMILES string of the molecule is O=C(OCC(F)(F)S(=O)(=O)O)c1cc2ccccc2[nH]1. The van der Waals surface area contributed by atoms with Gasteiger partial charge < -0.3 is 9.72 Å². The molecule has 0 atom stereocenters. The maximum absolute atomic E-state index is 12.9. The number of nitrogens with one attached hydrogen (secondary N) is 1. The van der Waals surface area contributed by atoms with E-state index in [1.165, 1.54) is 6.07 Å². The van der Waals surface area contributed by atoms with Gasteiger partial charge in [-0.05, 0) is 12.1 Å². The quantitative estimate of drug-likeness (QED) is 0.663. The maximum Gasteiger partial charge on any atom is 0.402 e. The summed E-state index contributed by atoms with van der Waals surface area (Å²) < 4.78 is 58.9. The van der Waals surface area contributed by atoms with Gasteiger partial charge in [0.1, 0.15) is 5.69 Å². The van der Waals surface area contributed by atoms with E-state index in [-0.39, 0.29) is 5.69 Å². The summed E-state index contributed by atoms with van der Waals surface area (Å²) in [6, 6.07) is 8.16. The van der Waals surface area contributed by atoms with Gasteiger partial charge in [0.05, 0.1) is 0 Å². The fourth-order valence-electron chi connectivity index (χ4n) is 1.49. The number of aromatic amines is 1. The number of ether oxygens (including phenoxy) is 1. The van der Waals surface area contributed by atoms with Crippen LogP contribution in [0, 0.1) is 0 Å². The van der Waals surface area contributed by atoms with Crippen LogP contribution in [-0.4, -0.2) is 35.8 Å². The highest BCUT2D eigenvalue weighted by molar-refractivity contribution is 7.86. The summed E-state index contributed by atoms with van der Waals surface area (Å²) in [5, 5.41) is -3.88. The van der Waals surface area contributed by atoms with Gasteiger partial charge in [-0.15, -0.1) is 0 Å². The summed E-state index contributed by atoms with van der Waals surface area (Å²) in [4.78, 5) is 14.2. The molecule has 20 heavy (non-hydrogen) atoms. The summed E-state index contributed by atoms with van der Waals surface area (Å²) in [5.74, 6) is -1.15. The number of esters is 1. The first-order valence-electron chi connectivity index (χ1n) is 5.30. The summed E-state index contributed by atoms with van der Waals surface area (Å²) in [6.45, 7) is -1.76. The first-order valence-corrected chi connectivity index (χ1v) is 6.74. The number of H-pyrrole nitrogens is 1. The average molecular weight is 305 g/mol. The summed E-state index contributed by atoms with van der Waals surface area (Å²) >= 11 is 0. The number of fused-ring (bicyclic) bond motifs is 1.